The van der Waals surface area contributed by atoms with Crippen LogP contribution in [0.25, 0.3) is 0 Å². The van der Waals surface area contributed by atoms with E-state index in [4.69, 9.17) is 9.97 Å². The van der Waals surface area contributed by atoms with Gasteiger partial charge in [-0.1, -0.05) is 29.8 Å². The second kappa shape index (κ2) is 6.67. The molecular formula is C19H26N4. The molecule has 2 aromatic rings. The van der Waals surface area contributed by atoms with Crippen LogP contribution in [0.3, 0.4) is 0 Å². The standard InChI is InChI=1S/C19H26N4/c1-13-6-5-7-16(10-13)11-18-19(21-15(3)14(2)20-18)22-17-8-9-23(4)12-17/h5-7,10,17H,8-9,11-12H2,1-4H3,(H,21,22). The maximum atomic E-state index is 4.82. The summed E-state index contributed by atoms with van der Waals surface area (Å²) in [6, 6.07) is 9.09. The smallest absolute Gasteiger partial charge is 0.148 e. The first-order valence-electron chi connectivity index (χ1n) is 8.36. The molecule has 1 N–H and O–H groups in total. The number of rotatable bonds is 4. The SMILES string of the molecule is Cc1cccc(Cc2nc(C)c(C)nc2NC2CCN(C)C2)c1. The third-order valence-electron chi connectivity index (χ3n) is 4.57. The van der Waals surface area contributed by atoms with E-state index in [0.717, 1.165) is 48.8 Å². The Bertz CT molecular complexity index is 696. The summed E-state index contributed by atoms with van der Waals surface area (Å²) in [6.07, 6.45) is 1.98. The Morgan fingerprint density at radius 1 is 1.17 bits per heavy atom. The molecule has 0 saturated carbocycles. The van der Waals surface area contributed by atoms with Crippen LogP contribution in [-0.2, 0) is 6.42 Å². The number of benzene rings is 1. The van der Waals surface area contributed by atoms with Gasteiger partial charge in [-0.15, -0.1) is 0 Å². The molecule has 1 saturated heterocycles. The normalized spacial score (nSPS) is 18.3. The minimum atomic E-state index is 0.465. The van der Waals surface area contributed by atoms with Gasteiger partial charge in [0, 0.05) is 19.0 Å². The lowest BCUT2D eigenvalue weighted by Gasteiger charge is -2.17. The quantitative estimate of drug-likeness (QED) is 0.942. The third kappa shape index (κ3) is 3.88. The van der Waals surface area contributed by atoms with E-state index < -0.39 is 0 Å². The van der Waals surface area contributed by atoms with E-state index in [1.807, 2.05) is 13.8 Å². The van der Waals surface area contributed by atoms with Gasteiger partial charge in [-0.05, 0) is 46.3 Å². The summed E-state index contributed by atoms with van der Waals surface area (Å²) in [5, 5.41) is 3.63. The van der Waals surface area contributed by atoms with Crippen molar-refractivity contribution in [3.8, 4) is 0 Å². The molecule has 0 bridgehead atoms. The Morgan fingerprint density at radius 3 is 2.65 bits per heavy atom. The largest absolute Gasteiger partial charge is 0.364 e. The van der Waals surface area contributed by atoms with E-state index in [1.165, 1.54) is 11.1 Å². The van der Waals surface area contributed by atoms with Crippen LogP contribution in [0.2, 0.25) is 0 Å². The zero-order chi connectivity index (χ0) is 16.4. The van der Waals surface area contributed by atoms with Crippen LogP contribution >= 0.6 is 0 Å². The van der Waals surface area contributed by atoms with Gasteiger partial charge in [0.05, 0.1) is 17.1 Å². The molecule has 1 aliphatic heterocycles. The topological polar surface area (TPSA) is 41.1 Å². The van der Waals surface area contributed by atoms with Gasteiger partial charge in [0.1, 0.15) is 5.82 Å². The van der Waals surface area contributed by atoms with Gasteiger partial charge in [-0.25, -0.2) is 4.98 Å². The van der Waals surface area contributed by atoms with Gasteiger partial charge in [0.2, 0.25) is 0 Å². The molecule has 1 aromatic heterocycles. The molecule has 1 unspecified atom stereocenters. The highest BCUT2D eigenvalue weighted by Crippen LogP contribution is 2.21. The zero-order valence-electron chi connectivity index (χ0n) is 14.6. The molecule has 23 heavy (non-hydrogen) atoms. The molecule has 0 amide bonds. The predicted molar refractivity (Wildman–Crippen MR) is 95.0 cm³/mol. The highest BCUT2D eigenvalue weighted by molar-refractivity contribution is 5.45. The average molecular weight is 310 g/mol. The molecule has 1 aliphatic rings. The fourth-order valence-electron chi connectivity index (χ4n) is 3.15. The summed E-state index contributed by atoms with van der Waals surface area (Å²) in [5.74, 6) is 0.954. The minimum absolute atomic E-state index is 0.465. The first kappa shape index (κ1) is 15.9. The first-order valence-corrected chi connectivity index (χ1v) is 8.36. The van der Waals surface area contributed by atoms with E-state index in [0.29, 0.717) is 6.04 Å². The maximum Gasteiger partial charge on any atom is 0.148 e. The summed E-state index contributed by atoms with van der Waals surface area (Å²) in [6.45, 7) is 8.41. The molecule has 1 fully saturated rings. The molecule has 0 spiro atoms. The van der Waals surface area contributed by atoms with Crippen molar-refractivity contribution in [2.24, 2.45) is 0 Å². The summed E-state index contributed by atoms with van der Waals surface area (Å²) in [7, 11) is 2.17. The Labute approximate surface area is 139 Å². The van der Waals surface area contributed by atoms with Gasteiger partial charge in [-0.3, -0.25) is 4.98 Å². The van der Waals surface area contributed by atoms with Crippen molar-refractivity contribution in [3.63, 3.8) is 0 Å². The van der Waals surface area contributed by atoms with Gasteiger partial charge in [0.15, 0.2) is 0 Å². The van der Waals surface area contributed by atoms with Crippen molar-refractivity contribution in [2.45, 2.75) is 39.7 Å². The lowest BCUT2D eigenvalue weighted by atomic mass is 10.1. The molecule has 0 aliphatic carbocycles. The van der Waals surface area contributed by atoms with Gasteiger partial charge in [0.25, 0.3) is 0 Å². The second-order valence-corrected chi connectivity index (χ2v) is 6.75. The summed E-state index contributed by atoms with van der Waals surface area (Å²) in [5.41, 5.74) is 5.64. The molecule has 1 aromatic carbocycles. The van der Waals surface area contributed by atoms with Crippen LogP contribution < -0.4 is 5.32 Å². The minimum Gasteiger partial charge on any atom is -0.364 e. The summed E-state index contributed by atoms with van der Waals surface area (Å²) >= 11 is 0. The number of nitrogens with one attached hydrogen (secondary N) is 1. The highest BCUT2D eigenvalue weighted by atomic mass is 15.2. The number of nitrogens with zero attached hydrogens (tertiary/aromatic N) is 3. The Balaban J connectivity index is 1.86. The van der Waals surface area contributed by atoms with Crippen LogP contribution in [0.5, 0.6) is 0 Å². The number of hydrogen-bond acceptors (Lipinski definition) is 4. The van der Waals surface area contributed by atoms with E-state index >= 15 is 0 Å². The summed E-state index contributed by atoms with van der Waals surface area (Å²) in [4.78, 5) is 12.0. The predicted octanol–water partition coefficient (Wildman–Crippen LogP) is 3.11. The maximum absolute atomic E-state index is 4.82. The third-order valence-corrected chi connectivity index (χ3v) is 4.57. The second-order valence-electron chi connectivity index (χ2n) is 6.75. The van der Waals surface area contributed by atoms with E-state index in [9.17, 15) is 0 Å². The number of aryl methyl sites for hydroxylation is 3. The number of likely N-dealkylation sites (N-methyl/N-ethyl adjacent to an activating group) is 1. The first-order chi connectivity index (χ1) is 11.0. The molecule has 3 rings (SSSR count). The van der Waals surface area contributed by atoms with Crippen molar-refractivity contribution in [2.75, 3.05) is 25.5 Å². The fourth-order valence-corrected chi connectivity index (χ4v) is 3.15. The van der Waals surface area contributed by atoms with Crippen LogP contribution in [0.1, 0.15) is 34.6 Å². The molecule has 0 radical (unpaired) electrons. The molecule has 4 nitrogen and oxygen atoms in total. The van der Waals surface area contributed by atoms with Crippen molar-refractivity contribution >= 4 is 5.82 Å². The Morgan fingerprint density at radius 2 is 1.96 bits per heavy atom. The van der Waals surface area contributed by atoms with E-state index in [2.05, 4.69) is 48.5 Å². The number of hydrogen-bond donors (Lipinski definition) is 1. The van der Waals surface area contributed by atoms with Crippen molar-refractivity contribution in [3.05, 3.63) is 52.5 Å². The fraction of sp³-hybridized carbons (Fsp3) is 0.474. The lowest BCUT2D eigenvalue weighted by Crippen LogP contribution is -2.25. The van der Waals surface area contributed by atoms with E-state index in [-0.39, 0.29) is 0 Å². The molecular weight excluding hydrogens is 284 g/mol. The highest BCUT2D eigenvalue weighted by Gasteiger charge is 2.21. The van der Waals surface area contributed by atoms with Crippen molar-refractivity contribution < 1.29 is 0 Å². The van der Waals surface area contributed by atoms with E-state index in [1.54, 1.807) is 0 Å². The van der Waals surface area contributed by atoms with Gasteiger partial charge in [-0.2, -0.15) is 0 Å². The van der Waals surface area contributed by atoms with Crippen LogP contribution in [0.15, 0.2) is 24.3 Å². The molecule has 122 valence electrons. The number of anilines is 1. The lowest BCUT2D eigenvalue weighted by molar-refractivity contribution is 0.414. The van der Waals surface area contributed by atoms with Crippen LogP contribution in [0.4, 0.5) is 5.82 Å². The van der Waals surface area contributed by atoms with Crippen molar-refractivity contribution in [1.82, 2.24) is 14.9 Å². The molecule has 1 atom stereocenters. The summed E-state index contributed by atoms with van der Waals surface area (Å²) < 4.78 is 0. The Kier molecular flexibility index (Phi) is 4.62. The number of likely N-dealkylation sites (tertiary alicyclic amines) is 1. The van der Waals surface area contributed by atoms with Crippen LogP contribution in [0, 0.1) is 20.8 Å². The monoisotopic (exact) mass is 310 g/mol. The number of aromatic nitrogens is 2. The molecule has 2 heterocycles. The Hall–Kier alpha value is -1.94. The van der Waals surface area contributed by atoms with Gasteiger partial charge >= 0.3 is 0 Å². The zero-order valence-corrected chi connectivity index (χ0v) is 14.6. The average Bonchev–Trinajstić information content (AvgIpc) is 2.90. The van der Waals surface area contributed by atoms with Crippen LogP contribution in [-0.4, -0.2) is 41.0 Å². The van der Waals surface area contributed by atoms with Gasteiger partial charge < -0.3 is 10.2 Å². The molecule has 4 heteroatoms. The van der Waals surface area contributed by atoms with Crippen molar-refractivity contribution in [1.29, 1.82) is 0 Å².